The highest BCUT2D eigenvalue weighted by Crippen LogP contribution is 2.26. The summed E-state index contributed by atoms with van der Waals surface area (Å²) >= 11 is 9.07. The molecule has 0 spiro atoms. The van der Waals surface area contributed by atoms with Gasteiger partial charge in [0.15, 0.2) is 0 Å². The number of rotatable bonds is 3. The van der Waals surface area contributed by atoms with Crippen LogP contribution in [0.25, 0.3) is 0 Å². The highest BCUT2D eigenvalue weighted by Gasteiger charge is 2.16. The molecule has 2 aromatic rings. The molecule has 0 saturated carbocycles. The van der Waals surface area contributed by atoms with Crippen molar-refractivity contribution in [1.29, 1.82) is 0 Å². The summed E-state index contributed by atoms with van der Waals surface area (Å²) in [5.74, 6) is 0. The molecule has 0 saturated heterocycles. The number of nitrogens with one attached hydrogen (secondary N) is 1. The topological polar surface area (TPSA) is 64.0 Å². The molecule has 1 aromatic heterocycles. The molecule has 0 aliphatic heterocycles. The Morgan fingerprint density at radius 2 is 2.17 bits per heavy atom. The number of hydrogen-bond acceptors (Lipinski definition) is 3. The van der Waals surface area contributed by atoms with E-state index < -0.39 is 10.0 Å². The molecule has 0 bridgehead atoms. The van der Waals surface area contributed by atoms with E-state index in [2.05, 4.69) is 25.8 Å². The standard InChI is InChI=1S/C10H9BrClN3O2S/c1-15-6-8(5-13-15)18(16,17)14-7-2-3-10(12)9(11)4-7/h2-6,14H,1H3. The number of benzene rings is 1. The smallest absolute Gasteiger partial charge is 0.265 e. The molecule has 1 N–H and O–H groups in total. The Hall–Kier alpha value is -1.05. The molecular weight excluding hydrogens is 342 g/mol. The molecule has 0 radical (unpaired) electrons. The summed E-state index contributed by atoms with van der Waals surface area (Å²) in [5, 5.41) is 4.34. The second-order valence-corrected chi connectivity index (χ2v) is 6.53. The van der Waals surface area contributed by atoms with E-state index >= 15 is 0 Å². The number of halogens is 2. The van der Waals surface area contributed by atoms with Crippen LogP contribution in [-0.2, 0) is 17.1 Å². The summed E-state index contributed by atoms with van der Waals surface area (Å²) in [6, 6.07) is 4.78. The summed E-state index contributed by atoms with van der Waals surface area (Å²) < 4.78 is 28.5. The predicted octanol–water partition coefficient (Wildman–Crippen LogP) is 2.64. The van der Waals surface area contributed by atoms with Crippen molar-refractivity contribution < 1.29 is 8.42 Å². The van der Waals surface area contributed by atoms with Gasteiger partial charge in [0.25, 0.3) is 10.0 Å². The number of aromatic nitrogens is 2. The molecule has 96 valence electrons. The summed E-state index contributed by atoms with van der Waals surface area (Å²) in [6.07, 6.45) is 2.71. The second kappa shape index (κ2) is 4.91. The summed E-state index contributed by atoms with van der Waals surface area (Å²) in [4.78, 5) is 0.107. The average Bonchev–Trinajstić information content (AvgIpc) is 2.71. The molecule has 0 fully saturated rings. The average molecular weight is 351 g/mol. The third-order valence-corrected chi connectivity index (χ3v) is 4.71. The van der Waals surface area contributed by atoms with E-state index in [1.54, 1.807) is 25.2 Å². The largest absolute Gasteiger partial charge is 0.279 e. The maximum atomic E-state index is 12.0. The number of anilines is 1. The van der Waals surface area contributed by atoms with Gasteiger partial charge in [-0.05, 0) is 34.1 Å². The second-order valence-electron chi connectivity index (χ2n) is 3.58. The zero-order chi connectivity index (χ0) is 13.3. The first-order chi connectivity index (χ1) is 8.38. The minimum Gasteiger partial charge on any atom is -0.279 e. The van der Waals surface area contributed by atoms with Gasteiger partial charge in [-0.25, -0.2) is 8.42 Å². The summed E-state index contributed by atoms with van der Waals surface area (Å²) in [5.41, 5.74) is 0.426. The van der Waals surface area contributed by atoms with Crippen molar-refractivity contribution >= 4 is 43.2 Å². The Balaban J connectivity index is 2.30. The molecule has 0 aliphatic carbocycles. The minimum absolute atomic E-state index is 0.107. The number of hydrogen-bond donors (Lipinski definition) is 1. The first kappa shape index (κ1) is 13.4. The number of sulfonamides is 1. The van der Waals surface area contributed by atoms with E-state index in [9.17, 15) is 8.42 Å². The van der Waals surface area contributed by atoms with Crippen LogP contribution < -0.4 is 4.72 Å². The molecular formula is C10H9BrClN3O2S. The van der Waals surface area contributed by atoms with Crippen LogP contribution in [-0.4, -0.2) is 18.2 Å². The number of aryl methyl sites for hydroxylation is 1. The van der Waals surface area contributed by atoms with Crippen LogP contribution in [0.15, 0.2) is 40.0 Å². The van der Waals surface area contributed by atoms with Crippen LogP contribution in [0.4, 0.5) is 5.69 Å². The first-order valence-electron chi connectivity index (χ1n) is 4.85. The third kappa shape index (κ3) is 2.85. The maximum Gasteiger partial charge on any atom is 0.265 e. The maximum absolute atomic E-state index is 12.0. The number of nitrogens with zero attached hydrogens (tertiary/aromatic N) is 2. The Bertz CT molecular complexity index is 684. The lowest BCUT2D eigenvalue weighted by molar-refractivity contribution is 0.601. The quantitative estimate of drug-likeness (QED) is 0.925. The van der Waals surface area contributed by atoms with Crippen molar-refractivity contribution in [3.8, 4) is 0 Å². The van der Waals surface area contributed by atoms with Gasteiger partial charge in [-0.2, -0.15) is 5.10 Å². The van der Waals surface area contributed by atoms with Gasteiger partial charge in [-0.3, -0.25) is 9.40 Å². The summed E-state index contributed by atoms with van der Waals surface area (Å²) in [6.45, 7) is 0. The van der Waals surface area contributed by atoms with Gasteiger partial charge in [-0.15, -0.1) is 0 Å². The van der Waals surface area contributed by atoms with Crippen LogP contribution in [0, 0.1) is 0 Å². The van der Waals surface area contributed by atoms with Crippen LogP contribution in [0.3, 0.4) is 0 Å². The highest BCUT2D eigenvalue weighted by atomic mass is 79.9. The van der Waals surface area contributed by atoms with Crippen molar-refractivity contribution in [1.82, 2.24) is 9.78 Å². The van der Waals surface area contributed by atoms with E-state index in [-0.39, 0.29) is 4.90 Å². The molecule has 5 nitrogen and oxygen atoms in total. The van der Waals surface area contributed by atoms with Crippen LogP contribution in [0.1, 0.15) is 0 Å². The lowest BCUT2D eigenvalue weighted by atomic mass is 10.3. The third-order valence-electron chi connectivity index (χ3n) is 2.16. The van der Waals surface area contributed by atoms with Gasteiger partial charge in [-0.1, -0.05) is 11.6 Å². The molecule has 1 heterocycles. The minimum atomic E-state index is -3.62. The Morgan fingerprint density at radius 3 is 2.72 bits per heavy atom. The lowest BCUT2D eigenvalue weighted by Crippen LogP contribution is -2.12. The molecule has 8 heteroatoms. The van der Waals surface area contributed by atoms with Gasteiger partial charge in [0.2, 0.25) is 0 Å². The monoisotopic (exact) mass is 349 g/mol. The molecule has 0 amide bonds. The molecule has 18 heavy (non-hydrogen) atoms. The molecule has 0 aliphatic rings. The predicted molar refractivity (Wildman–Crippen MR) is 73.2 cm³/mol. The van der Waals surface area contributed by atoms with Crippen molar-refractivity contribution in [2.24, 2.45) is 7.05 Å². The van der Waals surface area contributed by atoms with E-state index in [1.165, 1.54) is 17.1 Å². The lowest BCUT2D eigenvalue weighted by Gasteiger charge is -2.07. The SMILES string of the molecule is Cn1cc(S(=O)(=O)Nc2ccc(Cl)c(Br)c2)cn1. The Morgan fingerprint density at radius 1 is 1.44 bits per heavy atom. The normalized spacial score (nSPS) is 11.5. The van der Waals surface area contributed by atoms with Crippen molar-refractivity contribution in [3.05, 3.63) is 40.1 Å². The van der Waals surface area contributed by atoms with Crippen molar-refractivity contribution in [2.45, 2.75) is 4.90 Å². The molecule has 1 aromatic carbocycles. The van der Waals surface area contributed by atoms with E-state index in [0.717, 1.165) is 0 Å². The fraction of sp³-hybridized carbons (Fsp3) is 0.100. The van der Waals surface area contributed by atoms with E-state index in [1.807, 2.05) is 0 Å². The van der Waals surface area contributed by atoms with Crippen LogP contribution in [0.2, 0.25) is 5.02 Å². The van der Waals surface area contributed by atoms with Gasteiger partial charge in [0, 0.05) is 17.7 Å². The zero-order valence-corrected chi connectivity index (χ0v) is 12.4. The molecule has 0 unspecified atom stereocenters. The Labute approximate surface area is 118 Å². The molecule has 0 atom stereocenters. The summed E-state index contributed by atoms with van der Waals surface area (Å²) in [7, 11) is -1.97. The van der Waals surface area contributed by atoms with Gasteiger partial charge in [0.05, 0.1) is 16.9 Å². The fourth-order valence-corrected chi connectivity index (χ4v) is 2.84. The van der Waals surface area contributed by atoms with E-state index in [4.69, 9.17) is 11.6 Å². The molecule has 2 rings (SSSR count). The van der Waals surface area contributed by atoms with E-state index in [0.29, 0.717) is 15.2 Å². The van der Waals surface area contributed by atoms with Gasteiger partial charge >= 0.3 is 0 Å². The zero-order valence-electron chi connectivity index (χ0n) is 9.26. The van der Waals surface area contributed by atoms with Crippen molar-refractivity contribution in [3.63, 3.8) is 0 Å². The fourth-order valence-electron chi connectivity index (χ4n) is 1.31. The first-order valence-corrected chi connectivity index (χ1v) is 7.50. The van der Waals surface area contributed by atoms with Gasteiger partial charge < -0.3 is 0 Å². The van der Waals surface area contributed by atoms with Crippen LogP contribution in [0.5, 0.6) is 0 Å². The van der Waals surface area contributed by atoms with Crippen molar-refractivity contribution in [2.75, 3.05) is 4.72 Å². The highest BCUT2D eigenvalue weighted by molar-refractivity contribution is 9.10. The van der Waals surface area contributed by atoms with Gasteiger partial charge in [0.1, 0.15) is 4.90 Å². The Kier molecular flexibility index (Phi) is 3.65. The van der Waals surface area contributed by atoms with Crippen LogP contribution >= 0.6 is 27.5 Å².